The van der Waals surface area contributed by atoms with Gasteiger partial charge in [0, 0.05) is 35.8 Å². The van der Waals surface area contributed by atoms with E-state index in [2.05, 4.69) is 4.98 Å². The molecule has 1 aliphatic rings. The molecule has 5 heteroatoms. The van der Waals surface area contributed by atoms with E-state index in [-0.39, 0.29) is 11.9 Å². The summed E-state index contributed by atoms with van der Waals surface area (Å²) < 4.78 is 4.85. The highest BCUT2D eigenvalue weighted by Gasteiger charge is 2.43. The van der Waals surface area contributed by atoms with Crippen LogP contribution in [0.15, 0.2) is 30.5 Å². The van der Waals surface area contributed by atoms with E-state index >= 15 is 0 Å². The molecule has 2 heterocycles. The number of aromatic nitrogens is 1. The van der Waals surface area contributed by atoms with Gasteiger partial charge in [0.25, 0.3) is 5.91 Å². The molecule has 5 nitrogen and oxygen atoms in total. The Hall–Kier alpha value is -2.30. The minimum absolute atomic E-state index is 0.0344. The van der Waals surface area contributed by atoms with Gasteiger partial charge in [-0.2, -0.15) is 0 Å². The van der Waals surface area contributed by atoms with E-state index in [1.165, 1.54) is 7.11 Å². The van der Waals surface area contributed by atoms with Crippen LogP contribution in [0.4, 0.5) is 0 Å². The quantitative estimate of drug-likeness (QED) is 0.861. The van der Waals surface area contributed by atoms with Gasteiger partial charge in [0.05, 0.1) is 12.5 Å². The number of hydrogen-bond donors (Lipinski definition) is 1. The lowest BCUT2D eigenvalue weighted by Crippen LogP contribution is -2.35. The van der Waals surface area contributed by atoms with E-state index in [4.69, 9.17) is 4.74 Å². The summed E-state index contributed by atoms with van der Waals surface area (Å²) in [5.74, 6) is -0.287. The second kappa shape index (κ2) is 4.91. The standard InChI is InChI=1S/C16H18N2O3/c1-16(15(20)21-2)7-9-18(10-16)14(19)12-4-3-5-13-11(12)6-8-17-13/h3-6,8,17H,7,9-10H2,1-2H3/t16-/m0/s1. The number of fused-ring (bicyclic) bond motifs is 1. The van der Waals surface area contributed by atoms with E-state index in [1.54, 1.807) is 4.90 Å². The molecule has 0 bridgehead atoms. The molecule has 1 aliphatic heterocycles. The number of esters is 1. The molecule has 0 radical (unpaired) electrons. The Kier molecular flexibility index (Phi) is 3.20. The first-order valence-electron chi connectivity index (χ1n) is 6.99. The number of ether oxygens (including phenoxy) is 1. The molecule has 0 unspecified atom stereocenters. The van der Waals surface area contributed by atoms with Gasteiger partial charge in [-0.1, -0.05) is 6.07 Å². The number of aromatic amines is 1. The number of likely N-dealkylation sites (tertiary alicyclic amines) is 1. The minimum atomic E-state index is -0.601. The monoisotopic (exact) mass is 286 g/mol. The van der Waals surface area contributed by atoms with Crippen LogP contribution < -0.4 is 0 Å². The topological polar surface area (TPSA) is 62.4 Å². The molecule has 110 valence electrons. The van der Waals surface area contributed by atoms with Crippen LogP contribution in [0.5, 0.6) is 0 Å². The van der Waals surface area contributed by atoms with Crippen molar-refractivity contribution >= 4 is 22.8 Å². The minimum Gasteiger partial charge on any atom is -0.469 e. The zero-order valence-corrected chi connectivity index (χ0v) is 12.2. The largest absolute Gasteiger partial charge is 0.469 e. The highest BCUT2D eigenvalue weighted by Crippen LogP contribution is 2.32. The molecular formula is C16H18N2O3. The van der Waals surface area contributed by atoms with Gasteiger partial charge in [0.2, 0.25) is 0 Å². The zero-order chi connectivity index (χ0) is 15.0. The van der Waals surface area contributed by atoms with Crippen LogP contribution in [0.1, 0.15) is 23.7 Å². The van der Waals surface area contributed by atoms with Gasteiger partial charge in [-0.15, -0.1) is 0 Å². The number of nitrogens with zero attached hydrogens (tertiary/aromatic N) is 1. The predicted octanol–water partition coefficient (Wildman–Crippen LogP) is 2.19. The number of benzene rings is 1. The van der Waals surface area contributed by atoms with E-state index in [0.717, 1.165) is 10.9 Å². The van der Waals surface area contributed by atoms with Crippen molar-refractivity contribution in [3.63, 3.8) is 0 Å². The maximum atomic E-state index is 12.7. The molecule has 1 fully saturated rings. The third-order valence-corrected chi connectivity index (χ3v) is 4.26. The molecule has 1 N–H and O–H groups in total. The Morgan fingerprint density at radius 1 is 1.33 bits per heavy atom. The normalized spacial score (nSPS) is 21.7. The third-order valence-electron chi connectivity index (χ3n) is 4.26. The fraction of sp³-hybridized carbons (Fsp3) is 0.375. The smallest absolute Gasteiger partial charge is 0.313 e. The van der Waals surface area contributed by atoms with Gasteiger partial charge in [-0.3, -0.25) is 9.59 Å². The number of carbonyl (C=O) groups excluding carboxylic acids is 2. The summed E-state index contributed by atoms with van der Waals surface area (Å²) in [5.41, 5.74) is 1.01. The number of nitrogens with one attached hydrogen (secondary N) is 1. The maximum absolute atomic E-state index is 12.7. The molecule has 1 saturated heterocycles. The molecule has 3 rings (SSSR count). The van der Waals surface area contributed by atoms with Crippen molar-refractivity contribution in [3.8, 4) is 0 Å². The fourth-order valence-corrected chi connectivity index (χ4v) is 2.99. The second-order valence-corrected chi connectivity index (χ2v) is 5.77. The number of hydrogen-bond acceptors (Lipinski definition) is 3. The number of rotatable bonds is 2. The van der Waals surface area contributed by atoms with Gasteiger partial charge >= 0.3 is 5.97 Å². The summed E-state index contributed by atoms with van der Waals surface area (Å²) in [4.78, 5) is 29.4. The molecule has 1 amide bonds. The first-order chi connectivity index (χ1) is 10.0. The Balaban J connectivity index is 1.87. The van der Waals surface area contributed by atoms with Crippen LogP contribution in [0.2, 0.25) is 0 Å². The van der Waals surface area contributed by atoms with Gasteiger partial charge < -0.3 is 14.6 Å². The first-order valence-corrected chi connectivity index (χ1v) is 6.99. The Labute approximate surface area is 122 Å². The summed E-state index contributed by atoms with van der Waals surface area (Å²) in [6.45, 7) is 2.83. The van der Waals surface area contributed by atoms with Crippen molar-refractivity contribution in [3.05, 3.63) is 36.0 Å². The summed E-state index contributed by atoms with van der Waals surface area (Å²) >= 11 is 0. The van der Waals surface area contributed by atoms with E-state index in [0.29, 0.717) is 25.1 Å². The van der Waals surface area contributed by atoms with Crippen LogP contribution in [0.25, 0.3) is 10.9 Å². The average molecular weight is 286 g/mol. The van der Waals surface area contributed by atoms with Crippen molar-refractivity contribution in [2.75, 3.05) is 20.2 Å². The lowest BCUT2D eigenvalue weighted by atomic mass is 9.90. The van der Waals surface area contributed by atoms with Crippen LogP contribution in [-0.2, 0) is 9.53 Å². The zero-order valence-electron chi connectivity index (χ0n) is 12.2. The van der Waals surface area contributed by atoms with Crippen LogP contribution >= 0.6 is 0 Å². The summed E-state index contributed by atoms with van der Waals surface area (Å²) in [6.07, 6.45) is 2.46. The van der Waals surface area contributed by atoms with Crippen molar-refractivity contribution in [2.45, 2.75) is 13.3 Å². The molecular weight excluding hydrogens is 268 g/mol. The predicted molar refractivity (Wildman–Crippen MR) is 78.9 cm³/mol. The highest BCUT2D eigenvalue weighted by molar-refractivity contribution is 6.06. The lowest BCUT2D eigenvalue weighted by Gasteiger charge is -2.22. The SMILES string of the molecule is COC(=O)[C@@]1(C)CCN(C(=O)c2cccc3[nH]ccc23)C1. The average Bonchev–Trinajstić information content (AvgIpc) is 3.12. The molecule has 0 saturated carbocycles. The molecule has 21 heavy (non-hydrogen) atoms. The van der Waals surface area contributed by atoms with E-state index < -0.39 is 5.41 Å². The maximum Gasteiger partial charge on any atom is 0.313 e. The lowest BCUT2D eigenvalue weighted by molar-refractivity contribution is -0.150. The highest BCUT2D eigenvalue weighted by atomic mass is 16.5. The van der Waals surface area contributed by atoms with Crippen LogP contribution in [0.3, 0.4) is 0 Å². The Morgan fingerprint density at radius 3 is 2.90 bits per heavy atom. The summed E-state index contributed by atoms with van der Waals surface area (Å²) in [7, 11) is 1.39. The third kappa shape index (κ3) is 2.18. The van der Waals surface area contributed by atoms with Crippen molar-refractivity contribution in [1.82, 2.24) is 9.88 Å². The van der Waals surface area contributed by atoms with Crippen LogP contribution in [-0.4, -0.2) is 42.0 Å². The van der Waals surface area contributed by atoms with Crippen LogP contribution in [0, 0.1) is 5.41 Å². The fourth-order valence-electron chi connectivity index (χ4n) is 2.99. The number of H-pyrrole nitrogens is 1. The van der Waals surface area contributed by atoms with Gasteiger partial charge in [0.1, 0.15) is 0 Å². The van der Waals surface area contributed by atoms with Crippen molar-refractivity contribution < 1.29 is 14.3 Å². The van der Waals surface area contributed by atoms with E-state index in [1.807, 2.05) is 37.4 Å². The molecule has 0 aliphatic carbocycles. The summed E-state index contributed by atoms with van der Waals surface area (Å²) in [6, 6.07) is 7.53. The first kappa shape index (κ1) is 13.7. The van der Waals surface area contributed by atoms with E-state index in [9.17, 15) is 9.59 Å². The Bertz CT molecular complexity index is 706. The van der Waals surface area contributed by atoms with Gasteiger partial charge in [-0.25, -0.2) is 0 Å². The number of methoxy groups -OCH3 is 1. The van der Waals surface area contributed by atoms with Crippen molar-refractivity contribution in [2.24, 2.45) is 5.41 Å². The molecule has 2 aromatic rings. The summed E-state index contributed by atoms with van der Waals surface area (Å²) in [5, 5.41) is 0.911. The molecule has 1 aromatic heterocycles. The number of amides is 1. The molecule has 1 aromatic carbocycles. The molecule has 0 spiro atoms. The Morgan fingerprint density at radius 2 is 2.14 bits per heavy atom. The number of carbonyl (C=O) groups is 2. The molecule has 1 atom stereocenters. The van der Waals surface area contributed by atoms with Crippen molar-refractivity contribution in [1.29, 1.82) is 0 Å². The van der Waals surface area contributed by atoms with Gasteiger partial charge in [0.15, 0.2) is 0 Å². The second-order valence-electron chi connectivity index (χ2n) is 5.77. The van der Waals surface area contributed by atoms with Gasteiger partial charge in [-0.05, 0) is 31.5 Å².